The summed E-state index contributed by atoms with van der Waals surface area (Å²) >= 11 is 0. The zero-order valence-corrected chi connectivity index (χ0v) is 16.9. The number of ketones is 2. The quantitative estimate of drug-likeness (QED) is 0.668. The van der Waals surface area contributed by atoms with Gasteiger partial charge in [-0.25, -0.2) is 0 Å². The second-order valence-corrected chi connectivity index (χ2v) is 9.00. The Hall–Kier alpha value is -1.52. The van der Waals surface area contributed by atoms with E-state index in [9.17, 15) is 14.7 Å². The summed E-state index contributed by atoms with van der Waals surface area (Å²) in [6, 6.07) is 9.12. The number of carbonyl (C=O) groups excluding carboxylic acids is 2. The molecule has 3 N–H and O–H groups in total. The number of carbonyl (C=O) groups is 2. The average Bonchev–Trinajstić information content (AvgIpc) is 2.52. The minimum Gasteiger partial charge on any atom is -0.385 e. The van der Waals surface area contributed by atoms with Crippen molar-refractivity contribution in [2.45, 2.75) is 72.4 Å². The molecule has 146 valence electrons. The fraction of sp³-hybridized carbons (Fsp3) is 0.636. The van der Waals surface area contributed by atoms with Gasteiger partial charge in [-0.15, -0.1) is 0 Å². The van der Waals surface area contributed by atoms with Crippen molar-refractivity contribution >= 4 is 11.6 Å². The van der Waals surface area contributed by atoms with Gasteiger partial charge in [0, 0.05) is 18.8 Å². The molecular formula is C22H35NO3. The SMILES string of the molecule is CC(C)C[C@H](N)C(=O)CC(Cc1ccccc1)C(O)C(=O)CC(C)(C)C. The number of hydrogen-bond donors (Lipinski definition) is 2. The topological polar surface area (TPSA) is 80.4 Å². The van der Waals surface area contributed by atoms with Gasteiger partial charge in [0.15, 0.2) is 5.78 Å². The third-order valence-corrected chi connectivity index (χ3v) is 4.42. The van der Waals surface area contributed by atoms with Gasteiger partial charge in [-0.1, -0.05) is 65.0 Å². The third kappa shape index (κ3) is 8.24. The summed E-state index contributed by atoms with van der Waals surface area (Å²) in [6.07, 6.45) is 0.358. The summed E-state index contributed by atoms with van der Waals surface area (Å²) in [5, 5.41) is 10.7. The maximum atomic E-state index is 12.5. The average molecular weight is 362 g/mol. The lowest BCUT2D eigenvalue weighted by Crippen LogP contribution is -2.39. The Kier molecular flexibility index (Phi) is 8.65. The molecule has 0 amide bonds. The van der Waals surface area contributed by atoms with Crippen LogP contribution in [0.1, 0.15) is 59.4 Å². The Morgan fingerprint density at radius 3 is 2.15 bits per heavy atom. The zero-order valence-electron chi connectivity index (χ0n) is 16.9. The second-order valence-electron chi connectivity index (χ2n) is 9.00. The lowest BCUT2D eigenvalue weighted by atomic mass is 9.81. The van der Waals surface area contributed by atoms with Gasteiger partial charge in [0.05, 0.1) is 6.04 Å². The van der Waals surface area contributed by atoms with Crippen LogP contribution in [0, 0.1) is 17.3 Å². The molecule has 26 heavy (non-hydrogen) atoms. The van der Waals surface area contributed by atoms with Gasteiger partial charge >= 0.3 is 0 Å². The first kappa shape index (κ1) is 22.5. The van der Waals surface area contributed by atoms with E-state index >= 15 is 0 Å². The standard InChI is InChI=1S/C22H35NO3/c1-15(2)11-18(23)19(24)13-17(12-16-9-7-6-8-10-16)21(26)20(25)14-22(3,4)5/h6-10,15,17-18,21,26H,11-14,23H2,1-5H3/t17?,18-,21?/m0/s1. The van der Waals surface area contributed by atoms with Crippen molar-refractivity contribution in [1.29, 1.82) is 0 Å². The van der Waals surface area contributed by atoms with E-state index in [-0.39, 0.29) is 29.8 Å². The molecule has 0 aliphatic heterocycles. The van der Waals surface area contributed by atoms with Crippen molar-refractivity contribution in [2.24, 2.45) is 23.0 Å². The van der Waals surface area contributed by atoms with Crippen molar-refractivity contribution in [1.82, 2.24) is 0 Å². The molecule has 0 saturated heterocycles. The first-order valence-corrected chi connectivity index (χ1v) is 9.52. The maximum absolute atomic E-state index is 12.5. The predicted molar refractivity (Wildman–Crippen MR) is 106 cm³/mol. The molecule has 0 aromatic heterocycles. The molecule has 1 aromatic carbocycles. The lowest BCUT2D eigenvalue weighted by molar-refractivity contribution is -0.133. The van der Waals surface area contributed by atoms with Gasteiger partial charge in [-0.2, -0.15) is 0 Å². The van der Waals surface area contributed by atoms with Crippen LogP contribution in [0.2, 0.25) is 0 Å². The van der Waals surface area contributed by atoms with Crippen molar-refractivity contribution in [3.05, 3.63) is 35.9 Å². The van der Waals surface area contributed by atoms with E-state index in [1.54, 1.807) is 0 Å². The van der Waals surface area contributed by atoms with Crippen molar-refractivity contribution in [3.8, 4) is 0 Å². The zero-order chi connectivity index (χ0) is 19.9. The van der Waals surface area contributed by atoms with Crippen molar-refractivity contribution in [2.75, 3.05) is 0 Å². The molecule has 0 bridgehead atoms. The van der Waals surface area contributed by atoms with Crippen molar-refractivity contribution < 1.29 is 14.7 Å². The molecule has 4 nitrogen and oxygen atoms in total. The molecular weight excluding hydrogens is 326 g/mol. The molecule has 0 saturated carbocycles. The summed E-state index contributed by atoms with van der Waals surface area (Å²) in [4.78, 5) is 25.1. The Morgan fingerprint density at radius 2 is 1.65 bits per heavy atom. The minimum atomic E-state index is -1.15. The van der Waals surface area contributed by atoms with E-state index < -0.39 is 18.1 Å². The molecule has 0 aliphatic rings. The van der Waals surface area contributed by atoms with Crippen LogP contribution in [0.25, 0.3) is 0 Å². The number of aliphatic hydroxyl groups excluding tert-OH is 1. The van der Waals surface area contributed by atoms with Gasteiger partial charge in [0.25, 0.3) is 0 Å². The highest BCUT2D eigenvalue weighted by Crippen LogP contribution is 2.25. The smallest absolute Gasteiger partial charge is 0.162 e. The Labute approximate surface area is 158 Å². The maximum Gasteiger partial charge on any atom is 0.162 e. The highest BCUT2D eigenvalue weighted by Gasteiger charge is 2.31. The molecule has 0 radical (unpaired) electrons. The first-order valence-electron chi connectivity index (χ1n) is 9.52. The van der Waals surface area contributed by atoms with E-state index in [4.69, 9.17) is 5.73 Å². The normalized spacial score (nSPS) is 15.5. The Bertz CT molecular complexity index is 575. The fourth-order valence-corrected chi connectivity index (χ4v) is 3.15. The lowest BCUT2D eigenvalue weighted by Gasteiger charge is -2.26. The van der Waals surface area contributed by atoms with Crippen LogP contribution in [0.3, 0.4) is 0 Å². The van der Waals surface area contributed by atoms with Gasteiger partial charge in [0.1, 0.15) is 11.9 Å². The van der Waals surface area contributed by atoms with Crippen LogP contribution in [-0.2, 0) is 16.0 Å². The molecule has 0 spiro atoms. The molecule has 0 fully saturated rings. The van der Waals surface area contributed by atoms with Crippen LogP contribution in [0.15, 0.2) is 30.3 Å². The first-order chi connectivity index (χ1) is 12.0. The van der Waals surface area contributed by atoms with E-state index in [1.807, 2.05) is 65.0 Å². The molecule has 2 unspecified atom stereocenters. The van der Waals surface area contributed by atoms with Gasteiger partial charge in [-0.05, 0) is 29.7 Å². The number of hydrogen-bond acceptors (Lipinski definition) is 4. The number of Topliss-reactive ketones (excluding diaryl/α,β-unsaturated/α-hetero) is 2. The van der Waals surface area contributed by atoms with Crippen molar-refractivity contribution in [3.63, 3.8) is 0 Å². The Morgan fingerprint density at radius 1 is 1.08 bits per heavy atom. The molecule has 1 aromatic rings. The Balaban J connectivity index is 2.91. The van der Waals surface area contributed by atoms with Gasteiger partial charge in [-0.3, -0.25) is 9.59 Å². The predicted octanol–water partition coefficient (Wildman–Crippen LogP) is 3.54. The molecule has 0 aliphatic carbocycles. The number of nitrogens with two attached hydrogens (primary N) is 1. The van der Waals surface area contributed by atoms with E-state index in [1.165, 1.54) is 0 Å². The number of rotatable bonds is 10. The summed E-state index contributed by atoms with van der Waals surface area (Å²) in [5.74, 6) is -0.405. The number of benzene rings is 1. The molecule has 4 heteroatoms. The summed E-state index contributed by atoms with van der Waals surface area (Å²) in [5.41, 5.74) is 6.83. The second kappa shape index (κ2) is 9.98. The highest BCUT2D eigenvalue weighted by molar-refractivity contribution is 5.87. The van der Waals surface area contributed by atoms with Gasteiger partial charge in [0.2, 0.25) is 0 Å². The van der Waals surface area contributed by atoms with Crippen LogP contribution >= 0.6 is 0 Å². The van der Waals surface area contributed by atoms with Crippen LogP contribution in [0.5, 0.6) is 0 Å². The molecule has 0 heterocycles. The van der Waals surface area contributed by atoms with E-state index in [0.29, 0.717) is 18.8 Å². The van der Waals surface area contributed by atoms with Crippen LogP contribution in [-0.4, -0.2) is 28.8 Å². The van der Waals surface area contributed by atoms with Crippen LogP contribution in [0.4, 0.5) is 0 Å². The monoisotopic (exact) mass is 361 g/mol. The van der Waals surface area contributed by atoms with Gasteiger partial charge < -0.3 is 10.8 Å². The fourth-order valence-electron chi connectivity index (χ4n) is 3.15. The van der Waals surface area contributed by atoms with Crippen LogP contribution < -0.4 is 5.73 Å². The minimum absolute atomic E-state index is 0.0813. The molecule has 3 atom stereocenters. The van der Waals surface area contributed by atoms with E-state index in [2.05, 4.69) is 0 Å². The summed E-state index contributed by atoms with van der Waals surface area (Å²) in [7, 11) is 0. The molecule has 1 rings (SSSR count). The third-order valence-electron chi connectivity index (χ3n) is 4.42. The summed E-state index contributed by atoms with van der Waals surface area (Å²) < 4.78 is 0. The highest BCUT2D eigenvalue weighted by atomic mass is 16.3. The largest absolute Gasteiger partial charge is 0.385 e. The van der Waals surface area contributed by atoms with E-state index in [0.717, 1.165) is 5.56 Å². The number of aliphatic hydroxyl groups is 1. The summed E-state index contributed by atoms with van der Waals surface area (Å²) in [6.45, 7) is 9.95.